The van der Waals surface area contributed by atoms with Crippen molar-refractivity contribution >= 4 is 0 Å². The SMILES string of the molecule is C.O=NN1CCNCC1. The summed E-state index contributed by atoms with van der Waals surface area (Å²) in [5.74, 6) is 0. The van der Waals surface area contributed by atoms with Crippen LogP contribution in [0.15, 0.2) is 5.29 Å². The van der Waals surface area contributed by atoms with Crippen LogP contribution in [0.3, 0.4) is 0 Å². The number of nitrogens with one attached hydrogen (secondary N) is 1. The number of piperazine rings is 1. The zero-order valence-electron chi connectivity index (χ0n) is 4.63. The predicted molar refractivity (Wildman–Crippen MR) is 37.0 cm³/mol. The molecule has 9 heavy (non-hydrogen) atoms. The molecule has 1 fully saturated rings. The maximum absolute atomic E-state index is 9.81. The number of nitroso groups, excluding NO2 is 1. The van der Waals surface area contributed by atoms with Gasteiger partial charge in [-0.2, -0.15) is 0 Å². The van der Waals surface area contributed by atoms with Crippen LogP contribution in [0.4, 0.5) is 0 Å². The highest BCUT2D eigenvalue weighted by Gasteiger charge is 2.05. The van der Waals surface area contributed by atoms with Crippen LogP contribution in [0.2, 0.25) is 0 Å². The third-order valence-corrected chi connectivity index (χ3v) is 1.21. The molecular formula is C5H13N3O. The van der Waals surface area contributed by atoms with Crippen LogP contribution in [0.25, 0.3) is 0 Å². The van der Waals surface area contributed by atoms with Crippen LogP contribution < -0.4 is 5.32 Å². The molecule has 0 spiro atoms. The van der Waals surface area contributed by atoms with E-state index in [0.717, 1.165) is 26.2 Å². The van der Waals surface area contributed by atoms with Gasteiger partial charge in [-0.25, -0.2) is 0 Å². The first-order chi connectivity index (χ1) is 3.93. The second-order valence-corrected chi connectivity index (χ2v) is 1.79. The zero-order valence-corrected chi connectivity index (χ0v) is 4.63. The molecule has 1 N–H and O–H groups in total. The topological polar surface area (TPSA) is 44.7 Å². The lowest BCUT2D eigenvalue weighted by atomic mass is 10.4. The van der Waals surface area contributed by atoms with E-state index in [-0.39, 0.29) is 7.43 Å². The van der Waals surface area contributed by atoms with E-state index < -0.39 is 0 Å². The second kappa shape index (κ2) is 4.26. The minimum Gasteiger partial charge on any atom is -0.313 e. The lowest BCUT2D eigenvalue weighted by molar-refractivity contribution is 0.248. The highest BCUT2D eigenvalue weighted by molar-refractivity contribution is 4.62. The summed E-state index contributed by atoms with van der Waals surface area (Å²) in [5, 5.41) is 7.42. The van der Waals surface area contributed by atoms with E-state index in [0.29, 0.717) is 0 Å². The molecule has 4 heteroatoms. The molecule has 1 saturated heterocycles. The van der Waals surface area contributed by atoms with Crippen LogP contribution in [-0.2, 0) is 0 Å². The highest BCUT2D eigenvalue weighted by atomic mass is 16.3. The summed E-state index contributed by atoms with van der Waals surface area (Å²) in [7, 11) is 0. The average molecular weight is 131 g/mol. The Bertz CT molecular complexity index is 80.3. The van der Waals surface area contributed by atoms with E-state index in [1.54, 1.807) is 0 Å². The van der Waals surface area contributed by atoms with Crippen molar-refractivity contribution in [2.75, 3.05) is 26.2 Å². The van der Waals surface area contributed by atoms with Crippen LogP contribution >= 0.6 is 0 Å². The summed E-state index contributed by atoms with van der Waals surface area (Å²) in [5.41, 5.74) is 0. The van der Waals surface area contributed by atoms with E-state index in [1.165, 1.54) is 5.01 Å². The van der Waals surface area contributed by atoms with Gasteiger partial charge in [0.25, 0.3) is 0 Å². The van der Waals surface area contributed by atoms with Gasteiger partial charge in [-0.1, -0.05) is 7.43 Å². The smallest absolute Gasteiger partial charge is 0.0524 e. The first-order valence-electron chi connectivity index (χ1n) is 2.72. The Kier molecular flexibility index (Phi) is 3.96. The molecule has 1 aliphatic rings. The Morgan fingerprint density at radius 3 is 2.22 bits per heavy atom. The zero-order chi connectivity index (χ0) is 5.82. The number of nitrogens with zero attached hydrogens (tertiary/aromatic N) is 2. The molecule has 1 heterocycles. The fourth-order valence-electron chi connectivity index (χ4n) is 0.735. The van der Waals surface area contributed by atoms with Gasteiger partial charge in [-0.3, -0.25) is 5.01 Å². The molecule has 1 rings (SSSR count). The summed E-state index contributed by atoms with van der Waals surface area (Å²) in [6, 6.07) is 0. The van der Waals surface area contributed by atoms with Crippen LogP contribution in [0, 0.1) is 4.91 Å². The maximum atomic E-state index is 9.81. The third kappa shape index (κ3) is 2.41. The molecule has 0 bridgehead atoms. The van der Waals surface area contributed by atoms with Crippen molar-refractivity contribution in [3.63, 3.8) is 0 Å². The Morgan fingerprint density at radius 1 is 1.33 bits per heavy atom. The van der Waals surface area contributed by atoms with Crippen molar-refractivity contribution < 1.29 is 0 Å². The molecule has 0 aromatic rings. The normalized spacial score (nSPS) is 18.4. The van der Waals surface area contributed by atoms with Crippen molar-refractivity contribution in [1.82, 2.24) is 10.3 Å². The molecule has 0 amide bonds. The molecule has 0 aromatic carbocycles. The van der Waals surface area contributed by atoms with E-state index in [1.807, 2.05) is 0 Å². The number of hydrogen-bond donors (Lipinski definition) is 1. The minimum atomic E-state index is 0. The van der Waals surface area contributed by atoms with Gasteiger partial charge < -0.3 is 5.32 Å². The van der Waals surface area contributed by atoms with Gasteiger partial charge in [-0.05, 0) is 0 Å². The van der Waals surface area contributed by atoms with E-state index in [2.05, 4.69) is 10.6 Å². The number of hydrogen-bond acceptors (Lipinski definition) is 3. The van der Waals surface area contributed by atoms with Gasteiger partial charge >= 0.3 is 0 Å². The first-order valence-corrected chi connectivity index (χ1v) is 2.72. The van der Waals surface area contributed by atoms with Crippen LogP contribution in [-0.4, -0.2) is 31.2 Å². The van der Waals surface area contributed by atoms with Crippen molar-refractivity contribution in [2.24, 2.45) is 5.29 Å². The summed E-state index contributed by atoms with van der Waals surface area (Å²) < 4.78 is 0. The van der Waals surface area contributed by atoms with Gasteiger partial charge in [0.1, 0.15) is 0 Å². The van der Waals surface area contributed by atoms with E-state index in [4.69, 9.17) is 0 Å². The summed E-state index contributed by atoms with van der Waals surface area (Å²) in [6.07, 6.45) is 0. The Labute approximate surface area is 55.2 Å². The molecular weight excluding hydrogens is 118 g/mol. The summed E-state index contributed by atoms with van der Waals surface area (Å²) >= 11 is 0. The number of rotatable bonds is 1. The molecule has 0 aromatic heterocycles. The molecule has 0 saturated carbocycles. The Hall–Kier alpha value is -0.640. The quantitative estimate of drug-likeness (QED) is 0.517. The Balaban J connectivity index is 0.000000640. The van der Waals surface area contributed by atoms with E-state index >= 15 is 0 Å². The van der Waals surface area contributed by atoms with Gasteiger partial charge in [0.05, 0.1) is 18.4 Å². The van der Waals surface area contributed by atoms with Crippen molar-refractivity contribution in [3.8, 4) is 0 Å². The second-order valence-electron chi connectivity index (χ2n) is 1.79. The third-order valence-electron chi connectivity index (χ3n) is 1.21. The first kappa shape index (κ1) is 8.36. The molecule has 54 valence electrons. The molecule has 0 unspecified atom stereocenters. The maximum Gasteiger partial charge on any atom is 0.0524 e. The van der Waals surface area contributed by atoms with Crippen molar-refractivity contribution in [2.45, 2.75) is 7.43 Å². The lowest BCUT2D eigenvalue weighted by Crippen LogP contribution is -2.40. The molecule has 1 aliphatic heterocycles. The molecule has 0 atom stereocenters. The van der Waals surface area contributed by atoms with Crippen molar-refractivity contribution in [3.05, 3.63) is 4.91 Å². The van der Waals surface area contributed by atoms with Gasteiger partial charge in [0.15, 0.2) is 0 Å². The fraction of sp³-hybridized carbons (Fsp3) is 1.00. The van der Waals surface area contributed by atoms with Crippen LogP contribution in [0.5, 0.6) is 0 Å². The van der Waals surface area contributed by atoms with Crippen molar-refractivity contribution in [1.29, 1.82) is 0 Å². The predicted octanol–water partition coefficient (Wildman–Crippen LogP) is 0.209. The Morgan fingerprint density at radius 2 is 1.89 bits per heavy atom. The monoisotopic (exact) mass is 131 g/mol. The fourth-order valence-corrected chi connectivity index (χ4v) is 0.735. The largest absolute Gasteiger partial charge is 0.313 e. The molecule has 4 nitrogen and oxygen atoms in total. The van der Waals surface area contributed by atoms with Crippen LogP contribution in [0.1, 0.15) is 7.43 Å². The molecule has 0 aliphatic carbocycles. The standard InChI is InChI=1S/C4H9N3O.CH4/c8-6-7-3-1-5-2-4-7;/h5H,1-4H2;1H4. The average Bonchev–Trinajstić information content (AvgIpc) is 1.90. The highest BCUT2D eigenvalue weighted by Crippen LogP contribution is 1.89. The lowest BCUT2D eigenvalue weighted by Gasteiger charge is -2.20. The summed E-state index contributed by atoms with van der Waals surface area (Å²) in [6.45, 7) is 3.27. The summed E-state index contributed by atoms with van der Waals surface area (Å²) in [4.78, 5) is 9.81. The van der Waals surface area contributed by atoms with Gasteiger partial charge in [-0.15, -0.1) is 4.91 Å². The van der Waals surface area contributed by atoms with Gasteiger partial charge in [0.2, 0.25) is 0 Å². The van der Waals surface area contributed by atoms with E-state index in [9.17, 15) is 4.91 Å². The minimum absolute atomic E-state index is 0. The van der Waals surface area contributed by atoms with Gasteiger partial charge in [0, 0.05) is 13.1 Å². The molecule has 0 radical (unpaired) electrons.